The monoisotopic (exact) mass is 329 g/mol. The van der Waals surface area contributed by atoms with Gasteiger partial charge in [-0.3, -0.25) is 4.90 Å². The van der Waals surface area contributed by atoms with Crippen molar-refractivity contribution in [3.8, 4) is 0 Å². The van der Waals surface area contributed by atoms with Gasteiger partial charge in [-0.05, 0) is 25.0 Å². The van der Waals surface area contributed by atoms with E-state index in [9.17, 15) is 9.18 Å². The van der Waals surface area contributed by atoms with Gasteiger partial charge in [0.15, 0.2) is 0 Å². The first-order valence-electron chi connectivity index (χ1n) is 8.17. The van der Waals surface area contributed by atoms with Gasteiger partial charge in [-0.15, -0.1) is 0 Å². The van der Waals surface area contributed by atoms with Crippen molar-refractivity contribution in [2.24, 2.45) is 0 Å². The smallest absolute Gasteiger partial charge is 0.344 e. The van der Waals surface area contributed by atoms with E-state index < -0.39 is 11.6 Å². The number of nitrogens with zero attached hydrogens (tertiary/aromatic N) is 1. The third-order valence-corrected chi connectivity index (χ3v) is 3.72. The van der Waals surface area contributed by atoms with Crippen molar-refractivity contribution < 1.29 is 13.9 Å². The molecule has 1 unspecified atom stereocenters. The standard InChI is InChI=1S/C20H24FNO2/c1-3-24-19(23)20(2,21)16-22(14-17-10-6-4-7-11-17)15-18-12-8-5-9-13-18/h4-13H,3,14-16H2,1-2H3. The number of ether oxygens (including phenoxy) is 1. The molecule has 128 valence electrons. The lowest BCUT2D eigenvalue weighted by Gasteiger charge is -2.28. The zero-order valence-electron chi connectivity index (χ0n) is 14.2. The molecule has 0 heterocycles. The molecule has 0 amide bonds. The summed E-state index contributed by atoms with van der Waals surface area (Å²) in [5, 5.41) is 0. The number of hydrogen-bond donors (Lipinski definition) is 0. The fraction of sp³-hybridized carbons (Fsp3) is 0.350. The molecule has 0 bridgehead atoms. The summed E-state index contributed by atoms with van der Waals surface area (Å²) in [6.07, 6.45) is 0. The van der Waals surface area contributed by atoms with Crippen LogP contribution >= 0.6 is 0 Å². The minimum Gasteiger partial charge on any atom is -0.464 e. The van der Waals surface area contributed by atoms with Gasteiger partial charge in [0.1, 0.15) is 0 Å². The number of halogens is 1. The Morgan fingerprint density at radius 3 is 1.88 bits per heavy atom. The summed E-state index contributed by atoms with van der Waals surface area (Å²) in [4.78, 5) is 13.8. The molecule has 0 spiro atoms. The SMILES string of the molecule is CCOC(=O)C(C)(F)CN(Cc1ccccc1)Cc1ccccc1. The minimum absolute atomic E-state index is 0.0182. The van der Waals surface area contributed by atoms with E-state index in [0.29, 0.717) is 13.1 Å². The molecule has 0 N–H and O–H groups in total. The topological polar surface area (TPSA) is 29.5 Å². The molecule has 0 aromatic heterocycles. The number of carbonyl (C=O) groups is 1. The molecular formula is C20H24FNO2. The van der Waals surface area contributed by atoms with Gasteiger partial charge >= 0.3 is 5.97 Å². The number of benzene rings is 2. The first-order chi connectivity index (χ1) is 11.5. The summed E-state index contributed by atoms with van der Waals surface area (Å²) in [5.41, 5.74) is 0.112. The molecule has 4 heteroatoms. The Morgan fingerprint density at radius 1 is 1.00 bits per heavy atom. The second-order valence-electron chi connectivity index (χ2n) is 6.03. The van der Waals surface area contributed by atoms with Gasteiger partial charge in [-0.25, -0.2) is 9.18 Å². The maximum absolute atomic E-state index is 14.8. The molecule has 0 saturated heterocycles. The van der Waals surface area contributed by atoms with Crippen LogP contribution in [0, 0.1) is 0 Å². The normalized spacial score (nSPS) is 13.5. The Kier molecular flexibility index (Phi) is 6.50. The van der Waals surface area contributed by atoms with Crippen molar-refractivity contribution in [2.75, 3.05) is 13.2 Å². The molecule has 3 nitrogen and oxygen atoms in total. The largest absolute Gasteiger partial charge is 0.464 e. The highest BCUT2D eigenvalue weighted by Crippen LogP contribution is 2.19. The molecule has 2 aromatic rings. The lowest BCUT2D eigenvalue weighted by atomic mass is 10.1. The summed E-state index contributed by atoms with van der Waals surface area (Å²) >= 11 is 0. The van der Waals surface area contributed by atoms with Crippen LogP contribution in [0.1, 0.15) is 25.0 Å². The van der Waals surface area contributed by atoms with Crippen molar-refractivity contribution in [2.45, 2.75) is 32.6 Å². The van der Waals surface area contributed by atoms with Gasteiger partial charge in [0.05, 0.1) is 6.61 Å². The van der Waals surface area contributed by atoms with Crippen LogP contribution in [0.4, 0.5) is 4.39 Å². The maximum atomic E-state index is 14.8. The Balaban J connectivity index is 2.14. The van der Waals surface area contributed by atoms with E-state index in [1.165, 1.54) is 6.92 Å². The summed E-state index contributed by atoms with van der Waals surface area (Å²) in [6.45, 7) is 4.25. The van der Waals surface area contributed by atoms with Gasteiger partial charge in [-0.1, -0.05) is 60.7 Å². The quantitative estimate of drug-likeness (QED) is 0.686. The molecule has 0 saturated carbocycles. The zero-order valence-corrected chi connectivity index (χ0v) is 14.2. The number of hydrogen-bond acceptors (Lipinski definition) is 3. The van der Waals surface area contributed by atoms with Crippen molar-refractivity contribution in [1.29, 1.82) is 0 Å². The molecule has 24 heavy (non-hydrogen) atoms. The van der Waals surface area contributed by atoms with Gasteiger partial charge < -0.3 is 4.74 Å². The van der Waals surface area contributed by atoms with E-state index in [2.05, 4.69) is 0 Å². The Morgan fingerprint density at radius 2 is 1.46 bits per heavy atom. The fourth-order valence-corrected chi connectivity index (χ4v) is 2.62. The molecule has 0 fully saturated rings. The highest BCUT2D eigenvalue weighted by Gasteiger charge is 2.36. The lowest BCUT2D eigenvalue weighted by molar-refractivity contribution is -0.157. The average Bonchev–Trinajstić information content (AvgIpc) is 2.56. The van der Waals surface area contributed by atoms with Gasteiger partial charge in [0, 0.05) is 19.6 Å². The highest BCUT2D eigenvalue weighted by molar-refractivity contribution is 5.79. The van der Waals surface area contributed by atoms with Crippen LogP contribution in [-0.4, -0.2) is 29.7 Å². The van der Waals surface area contributed by atoms with Crippen LogP contribution in [0.25, 0.3) is 0 Å². The van der Waals surface area contributed by atoms with E-state index >= 15 is 0 Å². The average molecular weight is 329 g/mol. The predicted octanol–water partition coefficient (Wildman–Crippen LogP) is 3.98. The van der Waals surface area contributed by atoms with Gasteiger partial charge in [0.25, 0.3) is 0 Å². The summed E-state index contributed by atoms with van der Waals surface area (Å²) in [7, 11) is 0. The molecule has 0 radical (unpaired) electrons. The van der Waals surface area contributed by atoms with Crippen molar-refractivity contribution >= 4 is 5.97 Å². The van der Waals surface area contributed by atoms with E-state index in [-0.39, 0.29) is 13.2 Å². The first-order valence-corrected chi connectivity index (χ1v) is 8.17. The third-order valence-electron chi connectivity index (χ3n) is 3.72. The number of rotatable bonds is 8. The summed E-state index contributed by atoms with van der Waals surface area (Å²) in [6, 6.07) is 19.7. The van der Waals surface area contributed by atoms with Crippen LogP contribution in [0.5, 0.6) is 0 Å². The highest BCUT2D eigenvalue weighted by atomic mass is 19.1. The van der Waals surface area contributed by atoms with Crippen LogP contribution < -0.4 is 0 Å². The molecular weight excluding hydrogens is 305 g/mol. The van der Waals surface area contributed by atoms with E-state index in [1.807, 2.05) is 65.6 Å². The molecule has 0 aliphatic heterocycles. The molecule has 0 aliphatic carbocycles. The Hall–Kier alpha value is -2.20. The Labute approximate surface area is 143 Å². The number of esters is 1. The fourth-order valence-electron chi connectivity index (χ4n) is 2.62. The van der Waals surface area contributed by atoms with Crippen LogP contribution in [0.3, 0.4) is 0 Å². The summed E-state index contributed by atoms with van der Waals surface area (Å²) < 4.78 is 19.7. The van der Waals surface area contributed by atoms with Crippen molar-refractivity contribution in [3.05, 3.63) is 71.8 Å². The van der Waals surface area contributed by atoms with E-state index in [1.54, 1.807) is 6.92 Å². The summed E-state index contributed by atoms with van der Waals surface area (Å²) in [5.74, 6) is -0.809. The van der Waals surface area contributed by atoms with Crippen molar-refractivity contribution in [3.63, 3.8) is 0 Å². The van der Waals surface area contributed by atoms with Gasteiger partial charge in [0.2, 0.25) is 5.67 Å². The third kappa shape index (κ3) is 5.46. The predicted molar refractivity (Wildman–Crippen MR) is 93.1 cm³/mol. The second kappa shape index (κ2) is 8.60. The first kappa shape index (κ1) is 18.1. The van der Waals surface area contributed by atoms with Gasteiger partial charge in [-0.2, -0.15) is 0 Å². The van der Waals surface area contributed by atoms with Crippen LogP contribution in [0.15, 0.2) is 60.7 Å². The minimum atomic E-state index is -2.04. The van der Waals surface area contributed by atoms with Crippen LogP contribution in [-0.2, 0) is 22.6 Å². The number of carbonyl (C=O) groups excluding carboxylic acids is 1. The van der Waals surface area contributed by atoms with E-state index in [4.69, 9.17) is 4.74 Å². The van der Waals surface area contributed by atoms with E-state index in [0.717, 1.165) is 11.1 Å². The maximum Gasteiger partial charge on any atom is 0.344 e. The van der Waals surface area contributed by atoms with Crippen LogP contribution in [0.2, 0.25) is 0 Å². The second-order valence-corrected chi connectivity index (χ2v) is 6.03. The Bertz CT molecular complexity index is 587. The molecule has 2 rings (SSSR count). The molecule has 0 aliphatic rings. The van der Waals surface area contributed by atoms with Crippen molar-refractivity contribution in [1.82, 2.24) is 4.90 Å². The molecule has 1 atom stereocenters. The number of alkyl halides is 1. The lowest BCUT2D eigenvalue weighted by Crippen LogP contribution is -2.44. The molecule has 2 aromatic carbocycles. The zero-order chi connectivity index (χ0) is 17.4.